The van der Waals surface area contributed by atoms with Crippen molar-refractivity contribution in [3.63, 3.8) is 0 Å². The highest BCUT2D eigenvalue weighted by molar-refractivity contribution is 5.88. The van der Waals surface area contributed by atoms with E-state index in [2.05, 4.69) is 20.2 Å². The Morgan fingerprint density at radius 3 is 2.64 bits per heavy atom. The van der Waals surface area contributed by atoms with Crippen LogP contribution in [0.25, 0.3) is 11.0 Å². The lowest BCUT2D eigenvalue weighted by atomic mass is 10.2. The van der Waals surface area contributed by atoms with Gasteiger partial charge in [-0.15, -0.1) is 0 Å². The van der Waals surface area contributed by atoms with Gasteiger partial charge < -0.3 is 25.6 Å². The Hall–Kier alpha value is -3.69. The molecule has 2 aliphatic rings. The SMILES string of the molecule is CC(C)Oc1cc(F)ccc1Nc1ncnc2ccc(N3CC4CCC(C3)N4C(N)=O)nc12. The second-order valence-corrected chi connectivity index (χ2v) is 8.73. The van der Waals surface area contributed by atoms with Crippen molar-refractivity contribution in [3.05, 3.63) is 42.5 Å². The number of carbonyl (C=O) groups excluding carboxylic acids is 1. The summed E-state index contributed by atoms with van der Waals surface area (Å²) < 4.78 is 19.6. The quantitative estimate of drug-likeness (QED) is 0.612. The number of nitrogens with one attached hydrogen (secondary N) is 1. The van der Waals surface area contributed by atoms with Gasteiger partial charge in [0.25, 0.3) is 0 Å². The molecule has 2 bridgehead atoms. The summed E-state index contributed by atoms with van der Waals surface area (Å²) in [6.07, 6.45) is 3.23. The number of hydrogen-bond donors (Lipinski definition) is 2. The molecule has 4 heterocycles. The Bertz CT molecular complexity index is 1190. The van der Waals surface area contributed by atoms with E-state index in [0.717, 1.165) is 18.7 Å². The number of rotatable bonds is 5. The molecule has 3 aromatic rings. The van der Waals surface area contributed by atoms with E-state index < -0.39 is 0 Å². The van der Waals surface area contributed by atoms with E-state index in [1.165, 1.54) is 18.5 Å². The number of aromatic nitrogens is 3. The van der Waals surface area contributed by atoms with Crippen LogP contribution < -0.4 is 20.7 Å². The number of primary amides is 1. The summed E-state index contributed by atoms with van der Waals surface area (Å²) >= 11 is 0. The molecule has 9 nitrogen and oxygen atoms in total. The van der Waals surface area contributed by atoms with Crippen LogP contribution in [0.2, 0.25) is 0 Å². The molecule has 2 unspecified atom stereocenters. The summed E-state index contributed by atoms with van der Waals surface area (Å²) in [5.74, 6) is 1.31. The minimum atomic E-state index is -0.381. The predicted octanol–water partition coefficient (Wildman–Crippen LogP) is 3.43. The number of nitrogens with zero attached hydrogens (tertiary/aromatic N) is 5. The van der Waals surface area contributed by atoms with E-state index in [-0.39, 0.29) is 30.0 Å². The number of carbonyl (C=O) groups is 1. The molecule has 2 aromatic heterocycles. The molecule has 0 aliphatic carbocycles. The third-order valence-electron chi connectivity index (χ3n) is 6.09. The summed E-state index contributed by atoms with van der Waals surface area (Å²) in [7, 11) is 0. The van der Waals surface area contributed by atoms with Crippen molar-refractivity contribution >= 4 is 34.4 Å². The smallest absolute Gasteiger partial charge is 0.315 e. The molecular formula is C23H26FN7O2. The lowest BCUT2D eigenvalue weighted by Gasteiger charge is -2.40. The fourth-order valence-corrected chi connectivity index (χ4v) is 4.73. The molecule has 5 rings (SSSR count). The average Bonchev–Trinajstić information content (AvgIpc) is 3.05. The van der Waals surface area contributed by atoms with Crippen molar-refractivity contribution in [2.75, 3.05) is 23.3 Å². The van der Waals surface area contributed by atoms with Crippen molar-refractivity contribution in [3.8, 4) is 5.75 Å². The topological polar surface area (TPSA) is 110 Å². The first-order valence-corrected chi connectivity index (χ1v) is 11.1. The average molecular weight is 452 g/mol. The van der Waals surface area contributed by atoms with Gasteiger partial charge in [-0.05, 0) is 51.0 Å². The number of urea groups is 1. The first-order valence-electron chi connectivity index (χ1n) is 11.1. The van der Waals surface area contributed by atoms with Gasteiger partial charge in [0.15, 0.2) is 5.82 Å². The second-order valence-electron chi connectivity index (χ2n) is 8.73. The summed E-state index contributed by atoms with van der Waals surface area (Å²) in [5.41, 5.74) is 7.45. The van der Waals surface area contributed by atoms with Crippen LogP contribution in [0.4, 0.5) is 26.5 Å². The molecule has 2 aliphatic heterocycles. The van der Waals surface area contributed by atoms with Crippen molar-refractivity contribution in [1.82, 2.24) is 19.9 Å². The zero-order valence-electron chi connectivity index (χ0n) is 18.5. The Balaban J connectivity index is 1.46. The summed E-state index contributed by atoms with van der Waals surface area (Å²) in [6, 6.07) is 8.01. The number of fused-ring (bicyclic) bond motifs is 3. The number of hydrogen-bond acceptors (Lipinski definition) is 7. The highest BCUT2D eigenvalue weighted by atomic mass is 19.1. The molecule has 2 atom stereocenters. The fourth-order valence-electron chi connectivity index (χ4n) is 4.73. The van der Waals surface area contributed by atoms with E-state index in [1.807, 2.05) is 26.0 Å². The monoisotopic (exact) mass is 451 g/mol. The second kappa shape index (κ2) is 8.34. The lowest BCUT2D eigenvalue weighted by Crippen LogP contribution is -2.57. The van der Waals surface area contributed by atoms with E-state index in [9.17, 15) is 9.18 Å². The molecular weight excluding hydrogens is 425 g/mol. The van der Waals surface area contributed by atoms with Crippen molar-refractivity contribution in [2.24, 2.45) is 5.73 Å². The van der Waals surface area contributed by atoms with Crippen LogP contribution >= 0.6 is 0 Å². The number of anilines is 3. The number of pyridine rings is 1. The van der Waals surface area contributed by atoms with Gasteiger partial charge >= 0.3 is 6.03 Å². The van der Waals surface area contributed by atoms with Gasteiger partial charge in [-0.2, -0.15) is 0 Å². The van der Waals surface area contributed by atoms with E-state index in [0.29, 0.717) is 41.4 Å². The highest BCUT2D eigenvalue weighted by Crippen LogP contribution is 2.34. The first-order chi connectivity index (χ1) is 15.9. The lowest BCUT2D eigenvalue weighted by molar-refractivity contribution is 0.171. The summed E-state index contributed by atoms with van der Waals surface area (Å²) in [4.78, 5) is 29.4. The largest absolute Gasteiger partial charge is 0.489 e. The van der Waals surface area contributed by atoms with Gasteiger partial charge in [0.05, 0.1) is 29.4 Å². The Morgan fingerprint density at radius 1 is 1.18 bits per heavy atom. The number of benzene rings is 1. The van der Waals surface area contributed by atoms with Crippen LogP contribution in [0.1, 0.15) is 26.7 Å². The maximum atomic E-state index is 13.8. The number of amides is 2. The summed E-state index contributed by atoms with van der Waals surface area (Å²) in [5, 5.41) is 3.24. The van der Waals surface area contributed by atoms with Gasteiger partial charge in [0.1, 0.15) is 29.2 Å². The van der Waals surface area contributed by atoms with Crippen LogP contribution in [-0.4, -0.2) is 57.2 Å². The zero-order valence-corrected chi connectivity index (χ0v) is 18.5. The molecule has 2 fully saturated rings. The maximum absolute atomic E-state index is 13.8. The van der Waals surface area contributed by atoms with Gasteiger partial charge in [0, 0.05) is 19.2 Å². The predicted molar refractivity (Wildman–Crippen MR) is 123 cm³/mol. The van der Waals surface area contributed by atoms with E-state index in [4.69, 9.17) is 15.5 Å². The van der Waals surface area contributed by atoms with E-state index >= 15 is 0 Å². The van der Waals surface area contributed by atoms with Crippen molar-refractivity contribution < 1.29 is 13.9 Å². The number of piperazine rings is 1. The first kappa shape index (κ1) is 21.2. The minimum Gasteiger partial charge on any atom is -0.489 e. The molecule has 33 heavy (non-hydrogen) atoms. The number of ether oxygens (including phenoxy) is 1. The molecule has 0 radical (unpaired) electrons. The number of halogens is 1. The minimum absolute atomic E-state index is 0.0957. The zero-order chi connectivity index (χ0) is 23.1. The Kier molecular flexibility index (Phi) is 5.35. The van der Waals surface area contributed by atoms with Crippen LogP contribution in [0.15, 0.2) is 36.7 Å². The summed E-state index contributed by atoms with van der Waals surface area (Å²) in [6.45, 7) is 5.12. The van der Waals surface area contributed by atoms with Gasteiger partial charge in [-0.3, -0.25) is 0 Å². The molecule has 10 heteroatoms. The van der Waals surface area contributed by atoms with Crippen molar-refractivity contribution in [2.45, 2.75) is 44.9 Å². The standard InChI is InChI=1S/C23H26FN7O2/c1-13(2)33-19-9-14(24)3-6-17(19)28-22-21-18(26-12-27-22)7-8-20(29-21)30-10-15-4-5-16(11-30)31(15)23(25)32/h3,6-9,12-13,15-16H,4-5,10-11H2,1-2H3,(H2,25,32)(H,26,27,28). The normalized spacial score (nSPS) is 19.9. The molecule has 1 aromatic carbocycles. The maximum Gasteiger partial charge on any atom is 0.315 e. The Labute approximate surface area is 190 Å². The molecule has 172 valence electrons. The Morgan fingerprint density at radius 2 is 1.94 bits per heavy atom. The molecule has 2 amide bonds. The third kappa shape index (κ3) is 4.08. The third-order valence-corrected chi connectivity index (χ3v) is 6.09. The fraction of sp³-hybridized carbons (Fsp3) is 0.391. The van der Waals surface area contributed by atoms with Gasteiger partial charge in [-0.1, -0.05) is 0 Å². The molecule has 3 N–H and O–H groups in total. The van der Waals surface area contributed by atoms with Crippen LogP contribution in [-0.2, 0) is 0 Å². The van der Waals surface area contributed by atoms with Gasteiger partial charge in [0.2, 0.25) is 0 Å². The number of nitrogens with two attached hydrogens (primary N) is 1. The highest BCUT2D eigenvalue weighted by Gasteiger charge is 2.42. The van der Waals surface area contributed by atoms with Gasteiger partial charge in [-0.25, -0.2) is 24.1 Å². The van der Waals surface area contributed by atoms with Crippen LogP contribution in [0.5, 0.6) is 5.75 Å². The molecule has 0 saturated carbocycles. The van der Waals surface area contributed by atoms with E-state index in [1.54, 1.807) is 11.0 Å². The molecule has 2 saturated heterocycles. The van der Waals surface area contributed by atoms with Crippen LogP contribution in [0.3, 0.4) is 0 Å². The van der Waals surface area contributed by atoms with Crippen LogP contribution in [0, 0.1) is 5.82 Å². The van der Waals surface area contributed by atoms with Crippen molar-refractivity contribution in [1.29, 1.82) is 0 Å². The molecule has 0 spiro atoms.